The first-order valence-corrected chi connectivity index (χ1v) is 8.41. The van der Waals surface area contributed by atoms with E-state index in [1.165, 1.54) is 12.1 Å². The Morgan fingerprint density at radius 1 is 1.00 bits per heavy atom. The van der Waals surface area contributed by atoms with Crippen LogP contribution in [0, 0.1) is 6.92 Å². The smallest absolute Gasteiger partial charge is 0.193 e. The van der Waals surface area contributed by atoms with E-state index >= 15 is 0 Å². The number of aromatic hydroxyl groups is 1. The van der Waals surface area contributed by atoms with E-state index in [0.29, 0.717) is 12.4 Å². The van der Waals surface area contributed by atoms with Crippen LogP contribution in [0.2, 0.25) is 0 Å². The van der Waals surface area contributed by atoms with Gasteiger partial charge in [-0.15, -0.1) is 0 Å². The van der Waals surface area contributed by atoms with Gasteiger partial charge in [-0.05, 0) is 36.3 Å². The molecule has 3 aromatic carbocycles. The zero-order chi connectivity index (χ0) is 18.4. The molecule has 0 bridgehead atoms. The van der Waals surface area contributed by atoms with Gasteiger partial charge in [0.2, 0.25) is 0 Å². The minimum Gasteiger partial charge on any atom is -0.507 e. The highest BCUT2D eigenvalue weighted by Gasteiger charge is 2.15. The van der Waals surface area contributed by atoms with Crippen molar-refractivity contribution < 1.29 is 14.6 Å². The van der Waals surface area contributed by atoms with Crippen LogP contribution in [0.3, 0.4) is 0 Å². The van der Waals surface area contributed by atoms with Crippen molar-refractivity contribution in [3.05, 3.63) is 101 Å². The maximum absolute atomic E-state index is 12.6. The summed E-state index contributed by atoms with van der Waals surface area (Å²) >= 11 is 0. The van der Waals surface area contributed by atoms with Crippen molar-refractivity contribution in [1.82, 2.24) is 0 Å². The number of hydrogen-bond acceptors (Lipinski definition) is 3. The molecule has 0 aliphatic heterocycles. The predicted octanol–water partition coefficient (Wildman–Crippen LogP) is 5.18. The van der Waals surface area contributed by atoms with Crippen LogP contribution < -0.4 is 4.74 Å². The number of carbonyl (C=O) groups is 1. The summed E-state index contributed by atoms with van der Waals surface area (Å²) in [5.41, 5.74) is 3.21. The molecule has 0 amide bonds. The Morgan fingerprint density at radius 2 is 1.77 bits per heavy atom. The molecule has 3 aromatic rings. The van der Waals surface area contributed by atoms with Crippen LogP contribution >= 0.6 is 0 Å². The van der Waals surface area contributed by atoms with Gasteiger partial charge in [0.15, 0.2) is 5.78 Å². The van der Waals surface area contributed by atoms with Gasteiger partial charge in [-0.1, -0.05) is 72.3 Å². The molecule has 3 heteroatoms. The van der Waals surface area contributed by atoms with E-state index in [4.69, 9.17) is 4.74 Å². The number of ether oxygens (including phenoxy) is 1. The lowest BCUT2D eigenvalue weighted by molar-refractivity contribution is 0.104. The second kappa shape index (κ2) is 8.17. The molecule has 26 heavy (non-hydrogen) atoms. The largest absolute Gasteiger partial charge is 0.507 e. The summed E-state index contributed by atoms with van der Waals surface area (Å²) < 4.78 is 5.78. The van der Waals surface area contributed by atoms with Gasteiger partial charge in [-0.2, -0.15) is 0 Å². The number of hydrogen-bond donors (Lipinski definition) is 1. The number of aryl methyl sites for hydroxylation is 1. The van der Waals surface area contributed by atoms with Crippen molar-refractivity contribution in [2.75, 3.05) is 0 Å². The molecular formula is C23H20O3. The summed E-state index contributed by atoms with van der Waals surface area (Å²) in [6.07, 6.45) is 3.20. The lowest BCUT2D eigenvalue weighted by Gasteiger charge is -2.11. The van der Waals surface area contributed by atoms with Gasteiger partial charge < -0.3 is 9.84 Å². The van der Waals surface area contributed by atoms with Crippen LogP contribution in [0.4, 0.5) is 0 Å². The topological polar surface area (TPSA) is 46.5 Å². The van der Waals surface area contributed by atoms with Gasteiger partial charge in [-0.3, -0.25) is 4.79 Å². The fraction of sp³-hybridized carbons (Fsp3) is 0.0870. The number of allylic oxidation sites excluding steroid dienone is 1. The predicted molar refractivity (Wildman–Crippen MR) is 103 cm³/mol. The van der Waals surface area contributed by atoms with Crippen molar-refractivity contribution in [2.24, 2.45) is 0 Å². The van der Waals surface area contributed by atoms with Gasteiger partial charge >= 0.3 is 0 Å². The Morgan fingerprint density at radius 3 is 2.54 bits per heavy atom. The van der Waals surface area contributed by atoms with Gasteiger partial charge in [0.25, 0.3) is 0 Å². The highest BCUT2D eigenvalue weighted by Crippen LogP contribution is 2.29. The molecule has 0 atom stereocenters. The normalized spacial score (nSPS) is 10.8. The first-order chi connectivity index (χ1) is 12.6. The monoisotopic (exact) mass is 344 g/mol. The van der Waals surface area contributed by atoms with E-state index in [0.717, 1.165) is 16.7 Å². The van der Waals surface area contributed by atoms with Gasteiger partial charge in [-0.25, -0.2) is 0 Å². The molecular weight excluding hydrogens is 324 g/mol. The van der Waals surface area contributed by atoms with Crippen LogP contribution in [-0.4, -0.2) is 10.9 Å². The minimum atomic E-state index is -0.298. The molecule has 0 aliphatic rings. The average molecular weight is 344 g/mol. The Hall–Kier alpha value is -3.33. The van der Waals surface area contributed by atoms with Crippen molar-refractivity contribution in [2.45, 2.75) is 13.5 Å². The molecule has 0 radical (unpaired) electrons. The van der Waals surface area contributed by atoms with Crippen molar-refractivity contribution in [3.63, 3.8) is 0 Å². The van der Waals surface area contributed by atoms with E-state index in [2.05, 4.69) is 0 Å². The highest BCUT2D eigenvalue weighted by atomic mass is 16.5. The zero-order valence-corrected chi connectivity index (χ0v) is 14.6. The molecule has 0 aromatic heterocycles. The van der Waals surface area contributed by atoms with Crippen LogP contribution in [0.25, 0.3) is 6.08 Å². The summed E-state index contributed by atoms with van der Waals surface area (Å²) in [5.74, 6) is -0.0186. The summed E-state index contributed by atoms with van der Waals surface area (Å²) in [4.78, 5) is 12.6. The Bertz CT molecular complexity index is 927. The average Bonchev–Trinajstić information content (AvgIpc) is 2.65. The molecule has 0 spiro atoms. The van der Waals surface area contributed by atoms with E-state index in [9.17, 15) is 9.90 Å². The molecule has 0 unspecified atom stereocenters. The Kier molecular flexibility index (Phi) is 5.49. The molecule has 0 aliphatic carbocycles. The number of phenols is 1. The summed E-state index contributed by atoms with van der Waals surface area (Å²) in [6, 6.07) is 22.4. The molecule has 3 rings (SSSR count). The third kappa shape index (κ3) is 4.39. The van der Waals surface area contributed by atoms with E-state index in [1.54, 1.807) is 18.2 Å². The summed E-state index contributed by atoms with van der Waals surface area (Å²) in [6.45, 7) is 2.32. The van der Waals surface area contributed by atoms with Crippen molar-refractivity contribution >= 4 is 11.9 Å². The Balaban J connectivity index is 1.81. The molecule has 3 nitrogen and oxygen atoms in total. The number of rotatable bonds is 6. The first kappa shape index (κ1) is 17.5. The second-order valence-corrected chi connectivity index (χ2v) is 6.04. The Labute approximate surface area is 153 Å². The van der Waals surface area contributed by atoms with Crippen molar-refractivity contribution in [1.29, 1.82) is 0 Å². The first-order valence-electron chi connectivity index (χ1n) is 8.41. The van der Waals surface area contributed by atoms with Crippen LogP contribution in [0.5, 0.6) is 11.5 Å². The standard InChI is InChI=1S/C23H20O3/c1-17-7-5-10-18(15-17)13-14-21(25)23-20(24)11-6-12-22(23)26-16-19-8-3-2-4-9-19/h2-15,24H,16H2,1H3. The van der Waals surface area contributed by atoms with E-state index < -0.39 is 0 Å². The number of carbonyl (C=O) groups excluding carboxylic acids is 1. The third-order valence-electron chi connectivity index (χ3n) is 3.96. The number of phenolic OH excluding ortho intramolecular Hbond substituents is 1. The number of benzene rings is 3. The number of ketones is 1. The van der Waals surface area contributed by atoms with E-state index in [1.807, 2.05) is 61.5 Å². The SMILES string of the molecule is Cc1cccc(C=CC(=O)c2c(O)cccc2OCc2ccccc2)c1. The fourth-order valence-corrected chi connectivity index (χ4v) is 2.65. The van der Waals surface area contributed by atoms with Crippen molar-refractivity contribution in [3.8, 4) is 11.5 Å². The molecule has 0 heterocycles. The highest BCUT2D eigenvalue weighted by molar-refractivity contribution is 6.10. The summed E-state index contributed by atoms with van der Waals surface area (Å²) in [5, 5.41) is 10.2. The third-order valence-corrected chi connectivity index (χ3v) is 3.96. The quantitative estimate of drug-likeness (QED) is 0.495. The van der Waals surface area contributed by atoms with Crippen LogP contribution in [0.1, 0.15) is 27.0 Å². The fourth-order valence-electron chi connectivity index (χ4n) is 2.65. The van der Waals surface area contributed by atoms with Crippen LogP contribution in [-0.2, 0) is 6.61 Å². The molecule has 0 fully saturated rings. The molecule has 130 valence electrons. The maximum Gasteiger partial charge on any atom is 0.193 e. The second-order valence-electron chi connectivity index (χ2n) is 6.04. The van der Waals surface area contributed by atoms with Gasteiger partial charge in [0.1, 0.15) is 23.7 Å². The van der Waals surface area contributed by atoms with Gasteiger partial charge in [0, 0.05) is 0 Å². The van der Waals surface area contributed by atoms with Gasteiger partial charge in [0.05, 0.1) is 0 Å². The lowest BCUT2D eigenvalue weighted by Crippen LogP contribution is -2.03. The maximum atomic E-state index is 12.6. The molecule has 1 N–H and O–H groups in total. The molecule has 0 saturated heterocycles. The zero-order valence-electron chi connectivity index (χ0n) is 14.6. The van der Waals surface area contributed by atoms with Crippen LogP contribution in [0.15, 0.2) is 78.9 Å². The summed E-state index contributed by atoms with van der Waals surface area (Å²) in [7, 11) is 0. The lowest BCUT2D eigenvalue weighted by atomic mass is 10.1. The van der Waals surface area contributed by atoms with E-state index in [-0.39, 0.29) is 17.1 Å². The molecule has 0 saturated carbocycles. The minimum absolute atomic E-state index is 0.0885.